The Morgan fingerprint density at radius 3 is 2.81 bits per heavy atom. The van der Waals surface area contributed by atoms with Crippen molar-refractivity contribution in [2.75, 3.05) is 6.61 Å². The lowest BCUT2D eigenvalue weighted by Gasteiger charge is -2.08. The average Bonchev–Trinajstić information content (AvgIpc) is 3.06. The fraction of sp³-hybridized carbons (Fsp3) is 0.188. The van der Waals surface area contributed by atoms with Crippen LogP contribution in [0.2, 0.25) is 0 Å². The first-order valence-corrected chi connectivity index (χ1v) is 9.12. The molecule has 2 nitrogen and oxygen atoms in total. The van der Waals surface area contributed by atoms with Gasteiger partial charge in [-0.2, -0.15) is 0 Å². The molecule has 0 aliphatic carbocycles. The Labute approximate surface area is 139 Å². The standard InChI is InChI=1S/C16H13BrO2S2/c1-2-6-19-12-4-3-10(8-11(12)17)16(18)15-9-14-13(21-15)5-7-20-14/h3-5,7-9H,2,6H2,1H3. The van der Waals surface area contributed by atoms with E-state index in [4.69, 9.17) is 4.74 Å². The van der Waals surface area contributed by atoms with Crippen molar-refractivity contribution in [1.82, 2.24) is 0 Å². The minimum absolute atomic E-state index is 0.0612. The molecule has 2 heterocycles. The summed E-state index contributed by atoms with van der Waals surface area (Å²) < 4.78 is 8.77. The van der Waals surface area contributed by atoms with Gasteiger partial charge in [0.2, 0.25) is 5.78 Å². The van der Waals surface area contributed by atoms with Crippen LogP contribution in [0.15, 0.2) is 40.2 Å². The van der Waals surface area contributed by atoms with E-state index in [1.165, 1.54) is 9.40 Å². The molecule has 5 heteroatoms. The van der Waals surface area contributed by atoms with Gasteiger partial charge in [-0.25, -0.2) is 0 Å². The summed E-state index contributed by atoms with van der Waals surface area (Å²) >= 11 is 6.68. The van der Waals surface area contributed by atoms with Gasteiger partial charge in [0.15, 0.2) is 0 Å². The highest BCUT2D eigenvalue weighted by Gasteiger charge is 2.15. The SMILES string of the molecule is CCCOc1ccc(C(=O)c2cc3sccc3s2)cc1Br. The van der Waals surface area contributed by atoms with E-state index in [1.807, 2.05) is 29.6 Å². The van der Waals surface area contributed by atoms with E-state index >= 15 is 0 Å². The number of ether oxygens (including phenoxy) is 1. The van der Waals surface area contributed by atoms with Gasteiger partial charge in [0.1, 0.15) is 5.75 Å². The van der Waals surface area contributed by atoms with Gasteiger partial charge in [0.25, 0.3) is 0 Å². The first-order valence-electron chi connectivity index (χ1n) is 6.63. The molecule has 0 saturated heterocycles. The zero-order valence-electron chi connectivity index (χ0n) is 11.4. The van der Waals surface area contributed by atoms with Crippen molar-refractivity contribution >= 4 is 53.8 Å². The van der Waals surface area contributed by atoms with E-state index in [9.17, 15) is 4.79 Å². The number of carbonyl (C=O) groups is 1. The molecule has 108 valence electrons. The number of thiophene rings is 2. The number of rotatable bonds is 5. The Morgan fingerprint density at radius 2 is 2.10 bits per heavy atom. The van der Waals surface area contributed by atoms with Crippen LogP contribution in [-0.2, 0) is 0 Å². The van der Waals surface area contributed by atoms with Gasteiger partial charge in [-0.1, -0.05) is 6.92 Å². The monoisotopic (exact) mass is 380 g/mol. The second-order valence-corrected chi connectivity index (χ2v) is 7.47. The Kier molecular flexibility index (Phi) is 4.42. The Hall–Kier alpha value is -1.17. The molecule has 0 aliphatic rings. The molecule has 2 aromatic heterocycles. The van der Waals surface area contributed by atoms with Gasteiger partial charge < -0.3 is 4.74 Å². The lowest BCUT2D eigenvalue weighted by Crippen LogP contribution is -2.00. The molecule has 0 amide bonds. The predicted molar refractivity (Wildman–Crippen MR) is 93.1 cm³/mol. The quantitative estimate of drug-likeness (QED) is 0.527. The third kappa shape index (κ3) is 3.05. The van der Waals surface area contributed by atoms with Crippen LogP contribution in [0.5, 0.6) is 5.75 Å². The first-order chi connectivity index (χ1) is 10.2. The highest BCUT2D eigenvalue weighted by atomic mass is 79.9. The molecule has 3 rings (SSSR count). The summed E-state index contributed by atoms with van der Waals surface area (Å²) in [5.74, 6) is 0.840. The van der Waals surface area contributed by atoms with Crippen molar-refractivity contribution in [3.05, 3.63) is 50.6 Å². The summed E-state index contributed by atoms with van der Waals surface area (Å²) in [5, 5.41) is 2.05. The van der Waals surface area contributed by atoms with Crippen LogP contribution in [0.25, 0.3) is 9.40 Å². The lowest BCUT2D eigenvalue weighted by atomic mass is 10.1. The fourth-order valence-electron chi connectivity index (χ4n) is 1.99. The highest BCUT2D eigenvalue weighted by molar-refractivity contribution is 9.10. The Balaban J connectivity index is 1.87. The summed E-state index contributed by atoms with van der Waals surface area (Å²) in [6, 6.07) is 9.54. The van der Waals surface area contributed by atoms with Gasteiger partial charge in [-0.15, -0.1) is 22.7 Å². The van der Waals surface area contributed by atoms with Crippen molar-refractivity contribution in [3.63, 3.8) is 0 Å². The van der Waals surface area contributed by atoms with Crippen LogP contribution < -0.4 is 4.74 Å². The molecule has 0 aliphatic heterocycles. The topological polar surface area (TPSA) is 26.3 Å². The number of ketones is 1. The fourth-order valence-corrected chi connectivity index (χ4v) is 4.56. The zero-order chi connectivity index (χ0) is 14.8. The molecule has 0 saturated carbocycles. The normalized spacial score (nSPS) is 11.0. The molecule has 0 fully saturated rings. The van der Waals surface area contributed by atoms with Gasteiger partial charge >= 0.3 is 0 Å². The van der Waals surface area contributed by atoms with E-state index in [0.29, 0.717) is 12.2 Å². The first kappa shape index (κ1) is 14.8. The Bertz CT molecular complexity index is 760. The van der Waals surface area contributed by atoms with Crippen LogP contribution in [0, 0.1) is 0 Å². The van der Waals surface area contributed by atoms with Crippen molar-refractivity contribution in [2.45, 2.75) is 13.3 Å². The van der Waals surface area contributed by atoms with E-state index < -0.39 is 0 Å². The van der Waals surface area contributed by atoms with E-state index in [2.05, 4.69) is 28.9 Å². The second-order valence-electron chi connectivity index (χ2n) is 4.58. The van der Waals surface area contributed by atoms with Crippen molar-refractivity contribution in [3.8, 4) is 5.75 Å². The van der Waals surface area contributed by atoms with E-state index in [-0.39, 0.29) is 5.78 Å². The molecule has 0 radical (unpaired) electrons. The van der Waals surface area contributed by atoms with Gasteiger partial charge in [-0.3, -0.25) is 4.79 Å². The van der Waals surface area contributed by atoms with Gasteiger partial charge in [-0.05, 0) is 58.1 Å². The Morgan fingerprint density at radius 1 is 1.24 bits per heavy atom. The van der Waals surface area contributed by atoms with Crippen molar-refractivity contribution in [1.29, 1.82) is 0 Å². The number of hydrogen-bond acceptors (Lipinski definition) is 4. The molecular weight excluding hydrogens is 368 g/mol. The van der Waals surface area contributed by atoms with Gasteiger partial charge in [0.05, 0.1) is 16.0 Å². The molecule has 3 aromatic rings. The second kappa shape index (κ2) is 6.30. The predicted octanol–water partition coefficient (Wildman–Crippen LogP) is 5.75. The third-order valence-corrected chi connectivity index (χ3v) is 5.73. The summed E-state index contributed by atoms with van der Waals surface area (Å²) in [7, 11) is 0. The summed E-state index contributed by atoms with van der Waals surface area (Å²) in [4.78, 5) is 13.3. The lowest BCUT2D eigenvalue weighted by molar-refractivity contribution is 0.104. The maximum atomic E-state index is 12.5. The molecule has 1 aromatic carbocycles. The van der Waals surface area contributed by atoms with Crippen molar-refractivity contribution in [2.24, 2.45) is 0 Å². The highest BCUT2D eigenvalue weighted by Crippen LogP contribution is 2.33. The molecule has 21 heavy (non-hydrogen) atoms. The number of hydrogen-bond donors (Lipinski definition) is 0. The van der Waals surface area contributed by atoms with Crippen LogP contribution in [0.4, 0.5) is 0 Å². The molecule has 0 N–H and O–H groups in total. The van der Waals surface area contributed by atoms with Crippen LogP contribution in [0.3, 0.4) is 0 Å². The van der Waals surface area contributed by atoms with Gasteiger partial charge in [0, 0.05) is 15.0 Å². The molecule has 0 unspecified atom stereocenters. The molecule has 0 bridgehead atoms. The largest absolute Gasteiger partial charge is 0.492 e. The number of carbonyl (C=O) groups excluding carboxylic acids is 1. The van der Waals surface area contributed by atoms with E-state index in [0.717, 1.165) is 21.5 Å². The average molecular weight is 381 g/mol. The third-order valence-electron chi connectivity index (χ3n) is 3.02. The smallest absolute Gasteiger partial charge is 0.203 e. The molecule has 0 atom stereocenters. The van der Waals surface area contributed by atoms with Crippen LogP contribution in [-0.4, -0.2) is 12.4 Å². The van der Waals surface area contributed by atoms with E-state index in [1.54, 1.807) is 22.7 Å². The molecular formula is C16H13BrO2S2. The van der Waals surface area contributed by atoms with Crippen LogP contribution >= 0.6 is 38.6 Å². The van der Waals surface area contributed by atoms with Crippen LogP contribution in [0.1, 0.15) is 28.6 Å². The summed E-state index contributed by atoms with van der Waals surface area (Å²) in [6.07, 6.45) is 0.957. The number of halogens is 1. The maximum absolute atomic E-state index is 12.5. The summed E-state index contributed by atoms with van der Waals surface area (Å²) in [5.41, 5.74) is 0.680. The number of benzene rings is 1. The molecule has 0 spiro atoms. The number of fused-ring (bicyclic) bond motifs is 1. The van der Waals surface area contributed by atoms with Crippen molar-refractivity contribution < 1.29 is 9.53 Å². The zero-order valence-corrected chi connectivity index (χ0v) is 14.6. The summed E-state index contributed by atoms with van der Waals surface area (Å²) in [6.45, 7) is 2.74. The maximum Gasteiger partial charge on any atom is 0.203 e. The minimum Gasteiger partial charge on any atom is -0.492 e. The minimum atomic E-state index is 0.0612.